The molecule has 0 radical (unpaired) electrons. The van der Waals surface area contributed by atoms with Gasteiger partial charge in [0.2, 0.25) is 0 Å². The Morgan fingerprint density at radius 3 is 1.93 bits per heavy atom. The van der Waals surface area contributed by atoms with Gasteiger partial charge < -0.3 is 19.3 Å². The molecule has 2 aliphatic rings. The van der Waals surface area contributed by atoms with Gasteiger partial charge in [-0.3, -0.25) is 0 Å². The van der Waals surface area contributed by atoms with E-state index in [1.54, 1.807) is 4.90 Å². The molecule has 1 amide bonds. The van der Waals surface area contributed by atoms with Crippen LogP contribution in [0.2, 0.25) is 0 Å². The first kappa shape index (κ1) is 22.8. The van der Waals surface area contributed by atoms with Crippen molar-refractivity contribution in [1.29, 1.82) is 0 Å². The molecular formula is C25H40N2O3. The van der Waals surface area contributed by atoms with Crippen LogP contribution in [0, 0.1) is 11.3 Å². The molecule has 2 fully saturated rings. The Morgan fingerprint density at radius 1 is 0.867 bits per heavy atom. The fraction of sp³-hybridized carbons (Fsp3) is 0.720. The van der Waals surface area contributed by atoms with E-state index in [2.05, 4.69) is 49.9 Å². The maximum absolute atomic E-state index is 12.2. The minimum Gasteiger partial charge on any atom is -0.490 e. The van der Waals surface area contributed by atoms with Crippen molar-refractivity contribution in [1.82, 2.24) is 4.90 Å². The maximum atomic E-state index is 12.2. The lowest BCUT2D eigenvalue weighted by atomic mass is 9.72. The Bertz CT molecular complexity index is 687. The van der Waals surface area contributed by atoms with Gasteiger partial charge >= 0.3 is 6.09 Å². The molecule has 1 saturated heterocycles. The second-order valence-corrected chi connectivity index (χ2v) is 10.9. The molecule has 1 saturated carbocycles. The predicted octanol–water partition coefficient (Wildman–Crippen LogP) is 5.73. The monoisotopic (exact) mass is 416 g/mol. The van der Waals surface area contributed by atoms with Crippen LogP contribution in [-0.4, -0.2) is 48.9 Å². The van der Waals surface area contributed by atoms with Gasteiger partial charge in [-0.1, -0.05) is 20.8 Å². The lowest BCUT2D eigenvalue weighted by Gasteiger charge is -2.37. The van der Waals surface area contributed by atoms with Crippen molar-refractivity contribution in [3.8, 4) is 5.75 Å². The number of hydrogen-bond donors (Lipinski definition) is 0. The van der Waals surface area contributed by atoms with Crippen LogP contribution in [0.5, 0.6) is 5.75 Å². The summed E-state index contributed by atoms with van der Waals surface area (Å²) in [5.41, 5.74) is 1.14. The van der Waals surface area contributed by atoms with Crippen molar-refractivity contribution >= 4 is 11.8 Å². The molecule has 1 aliphatic carbocycles. The lowest BCUT2D eigenvalue weighted by Crippen LogP contribution is -2.50. The number of rotatable bonds is 3. The minimum absolute atomic E-state index is 0.216. The second-order valence-electron chi connectivity index (χ2n) is 10.9. The highest BCUT2D eigenvalue weighted by molar-refractivity contribution is 5.68. The van der Waals surface area contributed by atoms with Crippen molar-refractivity contribution in [2.75, 3.05) is 31.1 Å². The smallest absolute Gasteiger partial charge is 0.410 e. The summed E-state index contributed by atoms with van der Waals surface area (Å²) < 4.78 is 11.7. The van der Waals surface area contributed by atoms with E-state index in [1.807, 2.05) is 20.8 Å². The first-order valence-corrected chi connectivity index (χ1v) is 11.5. The van der Waals surface area contributed by atoms with Crippen LogP contribution >= 0.6 is 0 Å². The van der Waals surface area contributed by atoms with Crippen LogP contribution in [0.1, 0.15) is 67.2 Å². The van der Waals surface area contributed by atoms with Crippen LogP contribution in [0.25, 0.3) is 0 Å². The van der Waals surface area contributed by atoms with E-state index in [9.17, 15) is 4.79 Å². The molecule has 0 atom stereocenters. The molecule has 0 N–H and O–H groups in total. The standard InChI is InChI=1S/C25H40N2O3/c1-24(2,3)19-7-11-21(12-8-19)29-22-13-9-20(10-14-22)26-15-17-27(18-16-26)23(28)30-25(4,5)6/h9-10,13-14,19,21H,7-8,11-12,15-18H2,1-6H3. The van der Waals surface area contributed by atoms with Gasteiger partial charge in [0, 0.05) is 31.9 Å². The van der Waals surface area contributed by atoms with Crippen LogP contribution in [0.3, 0.4) is 0 Å². The van der Waals surface area contributed by atoms with Gasteiger partial charge in [-0.2, -0.15) is 0 Å². The van der Waals surface area contributed by atoms with E-state index in [-0.39, 0.29) is 6.09 Å². The van der Waals surface area contributed by atoms with Crippen molar-refractivity contribution in [3.05, 3.63) is 24.3 Å². The summed E-state index contributed by atoms with van der Waals surface area (Å²) in [6.07, 6.45) is 4.94. The highest BCUT2D eigenvalue weighted by Gasteiger charge is 2.30. The third kappa shape index (κ3) is 6.29. The Labute approximate surface area is 182 Å². The molecule has 1 aromatic rings. The fourth-order valence-electron chi connectivity index (χ4n) is 4.45. The van der Waals surface area contributed by atoms with Gasteiger partial charge in [-0.05, 0) is 82.1 Å². The van der Waals surface area contributed by atoms with Gasteiger partial charge in [-0.15, -0.1) is 0 Å². The summed E-state index contributed by atoms with van der Waals surface area (Å²) in [6.45, 7) is 15.8. The van der Waals surface area contributed by atoms with E-state index in [4.69, 9.17) is 9.47 Å². The quantitative estimate of drug-likeness (QED) is 0.631. The summed E-state index contributed by atoms with van der Waals surface area (Å²) in [6, 6.07) is 8.45. The van der Waals surface area contributed by atoms with Crippen LogP contribution in [-0.2, 0) is 4.74 Å². The molecule has 0 spiro atoms. The molecule has 5 heteroatoms. The molecule has 0 bridgehead atoms. The molecule has 0 unspecified atom stereocenters. The maximum Gasteiger partial charge on any atom is 0.410 e. The molecule has 30 heavy (non-hydrogen) atoms. The number of carbonyl (C=O) groups is 1. The first-order chi connectivity index (χ1) is 14.0. The van der Waals surface area contributed by atoms with Crippen molar-refractivity contribution < 1.29 is 14.3 Å². The molecule has 3 rings (SSSR count). The van der Waals surface area contributed by atoms with Crippen molar-refractivity contribution in [3.63, 3.8) is 0 Å². The average Bonchev–Trinajstić information content (AvgIpc) is 2.67. The number of carbonyl (C=O) groups excluding carboxylic acids is 1. The number of benzene rings is 1. The van der Waals surface area contributed by atoms with Gasteiger partial charge in [0.1, 0.15) is 11.4 Å². The van der Waals surface area contributed by atoms with E-state index in [0.29, 0.717) is 24.6 Å². The predicted molar refractivity (Wildman–Crippen MR) is 122 cm³/mol. The number of amides is 1. The normalized spacial score (nSPS) is 23.3. The molecule has 1 aromatic carbocycles. The zero-order valence-electron chi connectivity index (χ0n) is 19.7. The van der Waals surface area contributed by atoms with Crippen molar-refractivity contribution in [2.45, 2.75) is 78.9 Å². The summed E-state index contributed by atoms with van der Waals surface area (Å²) >= 11 is 0. The van der Waals surface area contributed by atoms with Crippen LogP contribution < -0.4 is 9.64 Å². The Morgan fingerprint density at radius 2 is 1.43 bits per heavy atom. The van der Waals surface area contributed by atoms with Gasteiger partial charge in [-0.25, -0.2) is 4.79 Å². The zero-order valence-corrected chi connectivity index (χ0v) is 19.7. The SMILES string of the molecule is CC(C)(C)OC(=O)N1CCN(c2ccc(OC3CCC(C(C)(C)C)CC3)cc2)CC1. The van der Waals surface area contributed by atoms with Gasteiger partial charge in [0.25, 0.3) is 0 Å². The van der Waals surface area contributed by atoms with Gasteiger partial charge in [0.15, 0.2) is 0 Å². The molecule has 168 valence electrons. The molecule has 0 aromatic heterocycles. The highest BCUT2D eigenvalue weighted by Crippen LogP contribution is 2.38. The van der Waals surface area contributed by atoms with Gasteiger partial charge in [0.05, 0.1) is 6.10 Å². The number of nitrogens with zero attached hydrogens (tertiary/aromatic N) is 2. The molecule has 5 nitrogen and oxygen atoms in total. The first-order valence-electron chi connectivity index (χ1n) is 11.5. The largest absolute Gasteiger partial charge is 0.490 e. The summed E-state index contributed by atoms with van der Waals surface area (Å²) in [5, 5.41) is 0. The Kier molecular flexibility index (Phi) is 6.88. The minimum atomic E-state index is -0.448. The van der Waals surface area contributed by atoms with Crippen LogP contribution in [0.15, 0.2) is 24.3 Å². The topological polar surface area (TPSA) is 42.0 Å². The fourth-order valence-corrected chi connectivity index (χ4v) is 4.45. The van der Waals surface area contributed by atoms with E-state index >= 15 is 0 Å². The number of anilines is 1. The highest BCUT2D eigenvalue weighted by atomic mass is 16.6. The summed E-state index contributed by atoms with van der Waals surface area (Å²) in [4.78, 5) is 16.4. The number of piperazine rings is 1. The third-order valence-corrected chi connectivity index (χ3v) is 6.33. The summed E-state index contributed by atoms with van der Waals surface area (Å²) in [5.74, 6) is 1.77. The van der Waals surface area contributed by atoms with E-state index in [1.165, 1.54) is 18.5 Å². The van der Waals surface area contributed by atoms with Crippen LogP contribution in [0.4, 0.5) is 10.5 Å². The van der Waals surface area contributed by atoms with Crippen molar-refractivity contribution in [2.24, 2.45) is 11.3 Å². The average molecular weight is 417 g/mol. The second kappa shape index (κ2) is 9.07. The number of hydrogen-bond acceptors (Lipinski definition) is 4. The summed E-state index contributed by atoms with van der Waals surface area (Å²) in [7, 11) is 0. The van der Waals surface area contributed by atoms with E-state index in [0.717, 1.165) is 37.6 Å². The zero-order chi connectivity index (χ0) is 21.9. The van der Waals surface area contributed by atoms with E-state index < -0.39 is 5.60 Å². The number of ether oxygens (including phenoxy) is 2. The third-order valence-electron chi connectivity index (χ3n) is 6.33. The Hall–Kier alpha value is -1.91. The molecule has 1 heterocycles. The molecule has 1 aliphatic heterocycles. The Balaban J connectivity index is 1.46. The lowest BCUT2D eigenvalue weighted by molar-refractivity contribution is 0.0240. The molecular weight excluding hydrogens is 376 g/mol.